The van der Waals surface area contributed by atoms with Crippen molar-refractivity contribution in [2.24, 2.45) is 0 Å². The first-order chi connectivity index (χ1) is 14.8. The average molecular weight is 411 g/mol. The highest BCUT2D eigenvalue weighted by Crippen LogP contribution is 2.26. The first-order valence-electron chi connectivity index (χ1n) is 9.50. The molecule has 0 aliphatic rings. The van der Waals surface area contributed by atoms with Crippen LogP contribution in [0.2, 0.25) is 0 Å². The second-order valence-electron chi connectivity index (χ2n) is 6.66. The molecular weight excluding hydrogens is 394 g/mol. The number of hydrogen-bond donors (Lipinski definition) is 0. The van der Waals surface area contributed by atoms with Gasteiger partial charge in [-0.05, 0) is 24.3 Å². The number of benzene rings is 3. The van der Waals surface area contributed by atoms with E-state index < -0.39 is 0 Å². The average Bonchev–Trinajstić information content (AvgIpc) is 3.28. The topological polar surface area (TPSA) is 60.9 Å². The number of para-hydroxylation sites is 2. The molecule has 0 amide bonds. The molecule has 30 heavy (non-hydrogen) atoms. The molecule has 0 atom stereocenters. The van der Waals surface area contributed by atoms with Crippen LogP contribution in [-0.2, 0) is 5.75 Å². The SMILES string of the molecule is O=c1c2ccccc2nc(SCc2ncc(-c3ccccc3)o2)n1-c1ccccc1. The number of rotatable bonds is 5. The van der Waals surface area contributed by atoms with Crippen LogP contribution in [0.5, 0.6) is 0 Å². The molecule has 6 heteroatoms. The zero-order chi connectivity index (χ0) is 20.3. The van der Waals surface area contributed by atoms with Gasteiger partial charge in [0.1, 0.15) is 0 Å². The fourth-order valence-corrected chi connectivity index (χ4v) is 4.12. The third-order valence-corrected chi connectivity index (χ3v) is 5.62. The molecule has 0 saturated heterocycles. The number of oxazole rings is 1. The summed E-state index contributed by atoms with van der Waals surface area (Å²) in [6, 6.07) is 26.8. The normalized spacial score (nSPS) is 11.1. The Bertz CT molecular complexity index is 1360. The van der Waals surface area contributed by atoms with Gasteiger partial charge in [-0.3, -0.25) is 9.36 Å². The minimum atomic E-state index is -0.0910. The second-order valence-corrected chi connectivity index (χ2v) is 7.60. The van der Waals surface area contributed by atoms with Gasteiger partial charge in [0.25, 0.3) is 5.56 Å². The molecule has 0 aliphatic heterocycles. The first-order valence-corrected chi connectivity index (χ1v) is 10.5. The van der Waals surface area contributed by atoms with Gasteiger partial charge < -0.3 is 4.42 Å². The predicted molar refractivity (Wildman–Crippen MR) is 119 cm³/mol. The van der Waals surface area contributed by atoms with E-state index >= 15 is 0 Å². The van der Waals surface area contributed by atoms with E-state index in [0.717, 1.165) is 17.0 Å². The number of nitrogens with zero attached hydrogens (tertiary/aromatic N) is 3. The molecule has 0 spiro atoms. The van der Waals surface area contributed by atoms with E-state index in [2.05, 4.69) is 4.98 Å². The quantitative estimate of drug-likeness (QED) is 0.289. The van der Waals surface area contributed by atoms with Crippen LogP contribution in [0.3, 0.4) is 0 Å². The van der Waals surface area contributed by atoms with Gasteiger partial charge in [-0.1, -0.05) is 72.4 Å². The van der Waals surface area contributed by atoms with Crippen LogP contribution >= 0.6 is 11.8 Å². The lowest BCUT2D eigenvalue weighted by Crippen LogP contribution is -2.21. The maximum Gasteiger partial charge on any atom is 0.266 e. The van der Waals surface area contributed by atoms with Gasteiger partial charge in [0.05, 0.1) is 28.5 Å². The lowest BCUT2D eigenvalue weighted by molar-refractivity contribution is 0.529. The summed E-state index contributed by atoms with van der Waals surface area (Å²) >= 11 is 1.43. The van der Waals surface area contributed by atoms with Crippen LogP contribution < -0.4 is 5.56 Å². The van der Waals surface area contributed by atoms with Crippen molar-refractivity contribution in [1.29, 1.82) is 0 Å². The zero-order valence-electron chi connectivity index (χ0n) is 15.9. The second kappa shape index (κ2) is 8.00. The number of thioether (sulfide) groups is 1. The summed E-state index contributed by atoms with van der Waals surface area (Å²) in [4.78, 5) is 22.4. The number of aromatic nitrogens is 3. The molecule has 0 unspecified atom stereocenters. The molecule has 0 radical (unpaired) electrons. The Morgan fingerprint density at radius 3 is 2.37 bits per heavy atom. The molecule has 146 valence electrons. The van der Waals surface area contributed by atoms with Gasteiger partial charge in [-0.25, -0.2) is 9.97 Å². The van der Waals surface area contributed by atoms with E-state index in [1.807, 2.05) is 78.9 Å². The van der Waals surface area contributed by atoms with Crippen molar-refractivity contribution in [2.75, 3.05) is 0 Å². The fraction of sp³-hybridized carbons (Fsp3) is 0.0417. The summed E-state index contributed by atoms with van der Waals surface area (Å²) in [5.74, 6) is 1.77. The molecule has 0 bridgehead atoms. The molecule has 2 aromatic heterocycles. The molecule has 3 aromatic carbocycles. The van der Waals surface area contributed by atoms with Crippen molar-refractivity contribution in [2.45, 2.75) is 10.9 Å². The van der Waals surface area contributed by atoms with Gasteiger partial charge in [0.15, 0.2) is 10.9 Å². The maximum absolute atomic E-state index is 13.2. The van der Waals surface area contributed by atoms with Gasteiger partial charge in [0, 0.05) is 5.56 Å². The predicted octanol–water partition coefficient (Wildman–Crippen LogP) is 5.33. The Balaban J connectivity index is 1.51. The monoisotopic (exact) mass is 411 g/mol. The summed E-state index contributed by atoms with van der Waals surface area (Å²) in [6.45, 7) is 0. The third-order valence-electron chi connectivity index (χ3n) is 4.70. The van der Waals surface area contributed by atoms with E-state index in [9.17, 15) is 4.79 Å². The van der Waals surface area contributed by atoms with Gasteiger partial charge in [0.2, 0.25) is 5.89 Å². The van der Waals surface area contributed by atoms with Crippen LogP contribution in [0, 0.1) is 0 Å². The van der Waals surface area contributed by atoms with Gasteiger partial charge in [-0.15, -0.1) is 0 Å². The highest BCUT2D eigenvalue weighted by Gasteiger charge is 2.15. The fourth-order valence-electron chi connectivity index (χ4n) is 3.25. The molecule has 2 heterocycles. The molecule has 5 nitrogen and oxygen atoms in total. The lowest BCUT2D eigenvalue weighted by Gasteiger charge is -2.12. The minimum absolute atomic E-state index is 0.0910. The Hall–Kier alpha value is -3.64. The third kappa shape index (κ3) is 3.53. The minimum Gasteiger partial charge on any atom is -0.440 e. The van der Waals surface area contributed by atoms with Crippen LogP contribution in [0.15, 0.2) is 105 Å². The van der Waals surface area contributed by atoms with Crippen molar-refractivity contribution in [3.8, 4) is 17.0 Å². The first kappa shape index (κ1) is 18.4. The summed E-state index contributed by atoms with van der Waals surface area (Å²) < 4.78 is 7.55. The molecular formula is C24H17N3O2S. The van der Waals surface area contributed by atoms with Crippen molar-refractivity contribution in [3.63, 3.8) is 0 Å². The summed E-state index contributed by atoms with van der Waals surface area (Å²) in [6.07, 6.45) is 1.73. The molecule has 0 aliphatic carbocycles. The van der Waals surface area contributed by atoms with Crippen molar-refractivity contribution in [3.05, 3.63) is 107 Å². The van der Waals surface area contributed by atoms with Crippen LogP contribution in [0.1, 0.15) is 5.89 Å². The smallest absolute Gasteiger partial charge is 0.266 e. The molecule has 0 saturated carbocycles. The number of fused-ring (bicyclic) bond motifs is 1. The van der Waals surface area contributed by atoms with Crippen molar-refractivity contribution in [1.82, 2.24) is 14.5 Å². The van der Waals surface area contributed by atoms with Crippen LogP contribution in [-0.4, -0.2) is 14.5 Å². The summed E-state index contributed by atoms with van der Waals surface area (Å²) in [7, 11) is 0. The highest BCUT2D eigenvalue weighted by molar-refractivity contribution is 7.98. The lowest BCUT2D eigenvalue weighted by atomic mass is 10.2. The summed E-state index contributed by atoms with van der Waals surface area (Å²) in [5, 5.41) is 1.19. The standard InChI is InChI=1S/C24H17N3O2S/c28-23-19-13-7-8-14-20(19)26-24(27(23)18-11-5-2-6-12-18)30-16-22-25-15-21(29-22)17-9-3-1-4-10-17/h1-15H,16H2. The van der Waals surface area contributed by atoms with Gasteiger partial charge in [-0.2, -0.15) is 0 Å². The Morgan fingerprint density at radius 2 is 1.57 bits per heavy atom. The summed E-state index contributed by atoms with van der Waals surface area (Å²) in [5.41, 5.74) is 2.34. The van der Waals surface area contributed by atoms with Crippen LogP contribution in [0.25, 0.3) is 27.9 Å². The van der Waals surface area contributed by atoms with Crippen molar-refractivity contribution < 1.29 is 4.42 Å². The molecule has 5 aromatic rings. The highest BCUT2D eigenvalue weighted by atomic mass is 32.2. The number of hydrogen-bond acceptors (Lipinski definition) is 5. The Labute approximate surface area is 177 Å². The van der Waals surface area contributed by atoms with E-state index in [1.54, 1.807) is 16.8 Å². The van der Waals surface area contributed by atoms with Crippen LogP contribution in [0.4, 0.5) is 0 Å². The maximum atomic E-state index is 13.2. The van der Waals surface area contributed by atoms with E-state index in [1.165, 1.54) is 11.8 Å². The molecule has 0 fully saturated rings. The largest absolute Gasteiger partial charge is 0.440 e. The Kier molecular flexibility index (Phi) is 4.91. The van der Waals surface area contributed by atoms with E-state index in [-0.39, 0.29) is 5.56 Å². The van der Waals surface area contributed by atoms with E-state index in [4.69, 9.17) is 9.40 Å². The van der Waals surface area contributed by atoms with E-state index in [0.29, 0.717) is 27.7 Å². The van der Waals surface area contributed by atoms with Gasteiger partial charge >= 0.3 is 0 Å². The molecule has 0 N–H and O–H groups in total. The zero-order valence-corrected chi connectivity index (χ0v) is 16.8. The Morgan fingerprint density at radius 1 is 0.867 bits per heavy atom. The molecule has 5 rings (SSSR count). The van der Waals surface area contributed by atoms with Crippen molar-refractivity contribution >= 4 is 22.7 Å².